The van der Waals surface area contributed by atoms with E-state index in [9.17, 15) is 14.1 Å². The van der Waals surface area contributed by atoms with E-state index in [0.29, 0.717) is 25.2 Å². The van der Waals surface area contributed by atoms with Crippen molar-refractivity contribution >= 4 is 29.0 Å². The molecular formula is C21H24FN4O2S+. The van der Waals surface area contributed by atoms with Gasteiger partial charge in [0.2, 0.25) is 5.91 Å². The average Bonchev–Trinajstić information content (AvgIpc) is 3.05. The number of carbonyl (C=O) groups is 1. The lowest BCUT2D eigenvalue weighted by Gasteiger charge is -2.35. The number of hydrogen-bond donors (Lipinski definition) is 1. The van der Waals surface area contributed by atoms with Gasteiger partial charge in [0.1, 0.15) is 5.82 Å². The van der Waals surface area contributed by atoms with E-state index in [4.69, 9.17) is 0 Å². The van der Waals surface area contributed by atoms with Crippen LogP contribution in [0.15, 0.2) is 53.4 Å². The first-order valence-electron chi connectivity index (χ1n) is 9.82. The molecule has 2 aliphatic heterocycles. The Hall–Kier alpha value is -2.45. The van der Waals surface area contributed by atoms with Crippen molar-refractivity contribution in [2.45, 2.75) is 16.7 Å². The summed E-state index contributed by atoms with van der Waals surface area (Å²) in [7, 11) is 0. The molecule has 2 aromatic rings. The minimum absolute atomic E-state index is 0.0156. The van der Waals surface area contributed by atoms with Crippen molar-refractivity contribution < 1.29 is 13.9 Å². The monoisotopic (exact) mass is 415 g/mol. The Kier molecular flexibility index (Phi) is 6.10. The number of fused-ring (bicyclic) bond motifs is 1. The van der Waals surface area contributed by atoms with E-state index in [1.54, 1.807) is 23.9 Å². The van der Waals surface area contributed by atoms with Crippen LogP contribution in [-0.2, 0) is 4.79 Å². The zero-order chi connectivity index (χ0) is 20.2. The molecule has 4 rings (SSSR count). The summed E-state index contributed by atoms with van der Waals surface area (Å²) in [4.78, 5) is 29.9. The third-order valence-corrected chi connectivity index (χ3v) is 6.57. The van der Waals surface area contributed by atoms with Crippen LogP contribution >= 0.6 is 11.8 Å². The topological polar surface area (TPSA) is 55.7 Å². The van der Waals surface area contributed by atoms with Crippen molar-refractivity contribution in [1.29, 1.82) is 0 Å². The van der Waals surface area contributed by atoms with Crippen LogP contribution in [0.25, 0.3) is 0 Å². The number of amides is 1. The number of nitrogens with zero attached hydrogens (tertiary/aromatic N) is 3. The van der Waals surface area contributed by atoms with Gasteiger partial charge in [0, 0.05) is 55.8 Å². The van der Waals surface area contributed by atoms with Crippen LogP contribution in [0.4, 0.5) is 15.8 Å². The fourth-order valence-corrected chi connectivity index (χ4v) is 4.85. The van der Waals surface area contributed by atoms with Crippen LogP contribution in [0.2, 0.25) is 0 Å². The fraction of sp³-hybridized carbons (Fsp3) is 0.381. The number of benzene rings is 2. The molecule has 1 atom stereocenters. The molecule has 0 bridgehead atoms. The molecule has 0 saturated carbocycles. The molecule has 152 valence electrons. The van der Waals surface area contributed by atoms with E-state index >= 15 is 0 Å². The number of nitrogens with one attached hydrogen (secondary N) is 1. The Balaban J connectivity index is 1.17. The standard InChI is InChI=1S/C21H23FN4O2S/c22-16-5-7-17(8-6-16)25-13-11-24(12-14-25)15-20(27)23-10-9-21-26(28)18-3-1-2-4-19(18)29-21/h1-8,21H,9-15H2/p+1. The fourth-order valence-electron chi connectivity index (χ4n) is 3.67. The van der Waals surface area contributed by atoms with E-state index in [-0.39, 0.29) is 17.1 Å². The Morgan fingerprint density at radius 3 is 2.55 bits per heavy atom. The molecule has 0 aliphatic carbocycles. The molecule has 2 heterocycles. The van der Waals surface area contributed by atoms with Gasteiger partial charge in [0.05, 0.1) is 16.2 Å². The SMILES string of the molecule is O=C(CN1CCN(c2ccc(F)cc2)CC1)NCCC1Sc2ccccc2[N+]1=O. The van der Waals surface area contributed by atoms with Crippen LogP contribution in [-0.4, -0.2) is 60.2 Å². The Morgan fingerprint density at radius 2 is 1.83 bits per heavy atom. The predicted molar refractivity (Wildman–Crippen MR) is 112 cm³/mol. The predicted octanol–water partition coefficient (Wildman–Crippen LogP) is 3.00. The van der Waals surface area contributed by atoms with Gasteiger partial charge in [-0.25, -0.2) is 4.39 Å². The molecule has 0 spiro atoms. The van der Waals surface area contributed by atoms with Crippen molar-refractivity contribution in [2.24, 2.45) is 0 Å². The highest BCUT2D eigenvalue weighted by molar-refractivity contribution is 8.00. The van der Waals surface area contributed by atoms with E-state index in [2.05, 4.69) is 15.1 Å². The van der Waals surface area contributed by atoms with Crippen molar-refractivity contribution in [1.82, 2.24) is 10.2 Å². The lowest BCUT2D eigenvalue weighted by Crippen LogP contribution is -2.49. The van der Waals surface area contributed by atoms with Gasteiger partial charge in [0.25, 0.3) is 11.1 Å². The summed E-state index contributed by atoms with van der Waals surface area (Å²) in [6, 6.07) is 14.1. The van der Waals surface area contributed by atoms with E-state index in [1.165, 1.54) is 12.1 Å². The van der Waals surface area contributed by atoms with Crippen molar-refractivity contribution in [2.75, 3.05) is 44.2 Å². The van der Waals surface area contributed by atoms with Gasteiger partial charge in [-0.15, -0.1) is 0 Å². The molecule has 2 aliphatic rings. The Labute approximate surface area is 173 Å². The second-order valence-corrected chi connectivity index (χ2v) is 8.46. The first-order chi connectivity index (χ1) is 14.1. The molecule has 0 aromatic heterocycles. The van der Waals surface area contributed by atoms with E-state index in [1.807, 2.05) is 24.3 Å². The molecule has 1 unspecified atom stereocenters. The molecule has 29 heavy (non-hydrogen) atoms. The maximum atomic E-state index is 13.1. The van der Waals surface area contributed by atoms with Gasteiger partial charge >= 0.3 is 0 Å². The van der Waals surface area contributed by atoms with Crippen LogP contribution in [0, 0.1) is 10.7 Å². The number of para-hydroxylation sites is 1. The highest BCUT2D eigenvalue weighted by atomic mass is 32.2. The molecule has 1 amide bonds. The number of carbonyl (C=O) groups excluding carboxylic acids is 1. The molecule has 8 heteroatoms. The number of anilines is 1. The number of hydrogen-bond acceptors (Lipinski definition) is 5. The zero-order valence-corrected chi connectivity index (χ0v) is 16.9. The summed E-state index contributed by atoms with van der Waals surface area (Å²) >= 11 is 1.55. The summed E-state index contributed by atoms with van der Waals surface area (Å²) in [5.41, 5.74) is 1.72. The number of halogens is 1. The quantitative estimate of drug-likeness (QED) is 0.735. The first kappa shape index (κ1) is 19.8. The molecule has 1 saturated heterocycles. The molecule has 1 N–H and O–H groups in total. The molecule has 6 nitrogen and oxygen atoms in total. The third kappa shape index (κ3) is 4.76. The molecule has 2 aromatic carbocycles. The van der Waals surface area contributed by atoms with Gasteiger partial charge in [-0.2, -0.15) is 0 Å². The second-order valence-electron chi connectivity index (χ2n) is 7.24. The maximum Gasteiger partial charge on any atom is 0.271 e. The van der Waals surface area contributed by atoms with Crippen molar-refractivity contribution in [3.63, 3.8) is 0 Å². The van der Waals surface area contributed by atoms with Crippen LogP contribution in [0.3, 0.4) is 0 Å². The van der Waals surface area contributed by atoms with Crippen LogP contribution < -0.4 is 10.2 Å². The largest absolute Gasteiger partial charge is 0.369 e. The van der Waals surface area contributed by atoms with E-state index < -0.39 is 0 Å². The van der Waals surface area contributed by atoms with Crippen LogP contribution in [0.1, 0.15) is 6.42 Å². The number of nitroso groups, excluding NO2 is 1. The van der Waals surface area contributed by atoms with Gasteiger partial charge < -0.3 is 10.2 Å². The lowest BCUT2D eigenvalue weighted by atomic mass is 10.2. The minimum Gasteiger partial charge on any atom is -0.369 e. The highest BCUT2D eigenvalue weighted by Gasteiger charge is 2.38. The number of piperazine rings is 1. The normalized spacial score (nSPS) is 19.3. The third-order valence-electron chi connectivity index (χ3n) is 5.27. The van der Waals surface area contributed by atoms with Crippen LogP contribution in [0.5, 0.6) is 0 Å². The summed E-state index contributed by atoms with van der Waals surface area (Å²) in [6.07, 6.45) is 0.604. The smallest absolute Gasteiger partial charge is 0.271 e. The zero-order valence-electron chi connectivity index (χ0n) is 16.1. The van der Waals surface area contributed by atoms with Gasteiger partial charge in [-0.05, 0) is 42.1 Å². The molecule has 0 radical (unpaired) electrons. The Morgan fingerprint density at radius 1 is 1.10 bits per heavy atom. The molecule has 1 fully saturated rings. The highest BCUT2D eigenvalue weighted by Crippen LogP contribution is 2.42. The summed E-state index contributed by atoms with van der Waals surface area (Å²) in [5, 5.41) is 2.75. The van der Waals surface area contributed by atoms with Crippen molar-refractivity contribution in [3.8, 4) is 0 Å². The molecular weight excluding hydrogens is 391 g/mol. The van der Waals surface area contributed by atoms with Gasteiger partial charge in [0.15, 0.2) is 0 Å². The number of rotatable bonds is 6. The van der Waals surface area contributed by atoms with E-state index in [0.717, 1.165) is 41.5 Å². The Bertz CT molecular complexity index is 885. The summed E-state index contributed by atoms with van der Waals surface area (Å²) in [6.45, 7) is 4.02. The van der Waals surface area contributed by atoms with Gasteiger partial charge in [-0.3, -0.25) is 9.69 Å². The van der Waals surface area contributed by atoms with Crippen molar-refractivity contribution in [3.05, 3.63) is 59.3 Å². The summed E-state index contributed by atoms with van der Waals surface area (Å²) < 4.78 is 14.1. The first-order valence-corrected chi connectivity index (χ1v) is 10.7. The number of thioether (sulfide) groups is 1. The average molecular weight is 416 g/mol. The minimum atomic E-state index is -0.232. The maximum absolute atomic E-state index is 13.1. The van der Waals surface area contributed by atoms with Gasteiger partial charge in [-0.1, -0.05) is 12.1 Å². The summed E-state index contributed by atoms with van der Waals surface area (Å²) in [5.74, 6) is -0.248. The lowest BCUT2D eigenvalue weighted by molar-refractivity contribution is -0.476. The second kappa shape index (κ2) is 8.92.